The van der Waals surface area contributed by atoms with Crippen molar-refractivity contribution in [3.05, 3.63) is 24.0 Å². The van der Waals surface area contributed by atoms with Crippen LogP contribution in [0.1, 0.15) is 32.1 Å². The van der Waals surface area contributed by atoms with Crippen molar-refractivity contribution >= 4 is 0 Å². The lowest BCUT2D eigenvalue weighted by atomic mass is 9.70. The second-order valence-electron chi connectivity index (χ2n) is 4.64. The Hall–Kier alpha value is -1.00. The molecule has 1 aliphatic carbocycles. The normalized spacial score (nSPS) is 28.2. The summed E-state index contributed by atoms with van der Waals surface area (Å²) in [6.07, 6.45) is 8.15. The van der Waals surface area contributed by atoms with E-state index in [2.05, 4.69) is 0 Å². The SMILES string of the molecule is NC=CC(O)CC1(CO)CCC(=CN)CC1. The van der Waals surface area contributed by atoms with Crippen molar-refractivity contribution in [2.45, 2.75) is 38.2 Å². The van der Waals surface area contributed by atoms with Crippen molar-refractivity contribution < 1.29 is 10.2 Å². The average Bonchev–Trinajstić information content (AvgIpc) is 2.30. The fraction of sp³-hybridized carbons (Fsp3) is 0.667. The molecule has 0 spiro atoms. The Bertz CT molecular complexity index is 264. The number of aliphatic hydroxyl groups excluding tert-OH is 2. The molecule has 0 aromatic carbocycles. The fourth-order valence-corrected chi connectivity index (χ4v) is 2.33. The number of hydrogen-bond donors (Lipinski definition) is 4. The van der Waals surface area contributed by atoms with Crippen LogP contribution in [-0.2, 0) is 0 Å². The van der Waals surface area contributed by atoms with Crippen LogP contribution in [0.25, 0.3) is 0 Å². The molecule has 1 rings (SSSR count). The third kappa shape index (κ3) is 3.25. The lowest BCUT2D eigenvalue weighted by Gasteiger charge is -2.37. The molecule has 1 atom stereocenters. The highest BCUT2D eigenvalue weighted by Crippen LogP contribution is 2.41. The lowest BCUT2D eigenvalue weighted by Crippen LogP contribution is -2.32. The molecule has 1 aliphatic rings. The second-order valence-corrected chi connectivity index (χ2v) is 4.64. The zero-order valence-electron chi connectivity index (χ0n) is 9.60. The molecule has 1 fully saturated rings. The van der Waals surface area contributed by atoms with Crippen LogP contribution in [0.2, 0.25) is 0 Å². The van der Waals surface area contributed by atoms with Crippen LogP contribution < -0.4 is 11.5 Å². The molecule has 0 heterocycles. The summed E-state index contributed by atoms with van der Waals surface area (Å²) in [5.41, 5.74) is 11.8. The minimum absolute atomic E-state index is 0.111. The predicted octanol–water partition coefficient (Wildman–Crippen LogP) is 0.605. The molecule has 4 heteroatoms. The Balaban J connectivity index is 2.59. The third-order valence-electron chi connectivity index (χ3n) is 3.50. The van der Waals surface area contributed by atoms with Gasteiger partial charge in [-0.2, -0.15) is 0 Å². The van der Waals surface area contributed by atoms with E-state index in [-0.39, 0.29) is 12.0 Å². The van der Waals surface area contributed by atoms with E-state index in [0.29, 0.717) is 6.42 Å². The van der Waals surface area contributed by atoms with Gasteiger partial charge in [0.2, 0.25) is 0 Å². The summed E-state index contributed by atoms with van der Waals surface area (Å²) < 4.78 is 0. The topological polar surface area (TPSA) is 92.5 Å². The number of allylic oxidation sites excluding steroid dienone is 1. The molecule has 16 heavy (non-hydrogen) atoms. The minimum atomic E-state index is -0.569. The molecule has 0 aromatic heterocycles. The van der Waals surface area contributed by atoms with Gasteiger partial charge in [0.1, 0.15) is 0 Å². The quantitative estimate of drug-likeness (QED) is 0.565. The van der Waals surface area contributed by atoms with Crippen molar-refractivity contribution in [3.63, 3.8) is 0 Å². The first-order valence-electron chi connectivity index (χ1n) is 5.73. The van der Waals surface area contributed by atoms with Crippen LogP contribution in [0, 0.1) is 5.41 Å². The summed E-state index contributed by atoms with van der Waals surface area (Å²) in [7, 11) is 0. The van der Waals surface area contributed by atoms with E-state index in [1.165, 1.54) is 11.8 Å². The molecule has 6 N–H and O–H groups in total. The number of nitrogens with two attached hydrogens (primary N) is 2. The Morgan fingerprint density at radius 1 is 1.31 bits per heavy atom. The number of rotatable bonds is 4. The van der Waals surface area contributed by atoms with Gasteiger partial charge in [0, 0.05) is 6.61 Å². The third-order valence-corrected chi connectivity index (χ3v) is 3.50. The summed E-state index contributed by atoms with van der Waals surface area (Å²) in [4.78, 5) is 0. The fourth-order valence-electron chi connectivity index (χ4n) is 2.33. The summed E-state index contributed by atoms with van der Waals surface area (Å²) in [6.45, 7) is 0.111. The molecule has 1 saturated carbocycles. The van der Waals surface area contributed by atoms with Crippen LogP contribution in [0.3, 0.4) is 0 Å². The summed E-state index contributed by atoms with van der Waals surface area (Å²) in [6, 6.07) is 0. The van der Waals surface area contributed by atoms with Crippen molar-refractivity contribution in [1.82, 2.24) is 0 Å². The molecule has 1 unspecified atom stereocenters. The van der Waals surface area contributed by atoms with Gasteiger partial charge in [-0.1, -0.05) is 5.57 Å². The van der Waals surface area contributed by atoms with Gasteiger partial charge in [-0.05, 0) is 56.0 Å². The van der Waals surface area contributed by atoms with E-state index in [1.54, 1.807) is 12.3 Å². The van der Waals surface area contributed by atoms with Crippen molar-refractivity contribution in [2.24, 2.45) is 16.9 Å². The van der Waals surface area contributed by atoms with Gasteiger partial charge in [-0.25, -0.2) is 0 Å². The van der Waals surface area contributed by atoms with Crippen LogP contribution in [0.5, 0.6) is 0 Å². The molecule has 0 saturated heterocycles. The zero-order valence-corrected chi connectivity index (χ0v) is 9.60. The van der Waals surface area contributed by atoms with Crippen molar-refractivity contribution in [1.29, 1.82) is 0 Å². The maximum absolute atomic E-state index is 9.70. The first-order chi connectivity index (χ1) is 7.65. The highest BCUT2D eigenvalue weighted by Gasteiger charge is 2.34. The number of hydrogen-bond acceptors (Lipinski definition) is 4. The number of aliphatic hydroxyl groups is 2. The molecule has 92 valence electrons. The van der Waals surface area contributed by atoms with E-state index in [1.807, 2.05) is 0 Å². The lowest BCUT2D eigenvalue weighted by molar-refractivity contribution is 0.0454. The molecule has 0 bridgehead atoms. The zero-order chi connectivity index (χ0) is 12.0. The monoisotopic (exact) mass is 226 g/mol. The highest BCUT2D eigenvalue weighted by molar-refractivity contribution is 5.07. The standard InChI is InChI=1S/C12H22N2O2/c13-6-3-11(16)7-12(9-15)4-1-10(8-14)2-5-12/h3,6,8,11,15-16H,1-2,4-5,7,9,13-14H2. The summed E-state index contributed by atoms with van der Waals surface area (Å²) >= 11 is 0. The van der Waals surface area contributed by atoms with Crippen LogP contribution in [0.15, 0.2) is 24.0 Å². The Morgan fingerprint density at radius 2 is 1.94 bits per heavy atom. The van der Waals surface area contributed by atoms with Gasteiger partial charge in [-0.15, -0.1) is 0 Å². The Morgan fingerprint density at radius 3 is 2.38 bits per heavy atom. The van der Waals surface area contributed by atoms with E-state index in [0.717, 1.165) is 25.7 Å². The molecular formula is C12H22N2O2. The second kappa shape index (κ2) is 5.92. The Kier molecular flexibility index (Phi) is 4.83. The van der Waals surface area contributed by atoms with Gasteiger partial charge in [-0.3, -0.25) is 0 Å². The average molecular weight is 226 g/mol. The maximum atomic E-state index is 9.70. The smallest absolute Gasteiger partial charge is 0.0743 e. The highest BCUT2D eigenvalue weighted by atomic mass is 16.3. The van der Waals surface area contributed by atoms with Crippen LogP contribution in [-0.4, -0.2) is 22.9 Å². The van der Waals surface area contributed by atoms with Crippen LogP contribution in [0.4, 0.5) is 0 Å². The van der Waals surface area contributed by atoms with Gasteiger partial charge in [0.15, 0.2) is 0 Å². The van der Waals surface area contributed by atoms with Gasteiger partial charge >= 0.3 is 0 Å². The minimum Gasteiger partial charge on any atom is -0.405 e. The van der Waals surface area contributed by atoms with E-state index in [9.17, 15) is 10.2 Å². The molecular weight excluding hydrogens is 204 g/mol. The first-order valence-corrected chi connectivity index (χ1v) is 5.73. The molecule has 0 amide bonds. The van der Waals surface area contributed by atoms with Gasteiger partial charge in [0.25, 0.3) is 0 Å². The Labute approximate surface area is 96.6 Å². The van der Waals surface area contributed by atoms with E-state index in [4.69, 9.17) is 11.5 Å². The molecule has 4 nitrogen and oxygen atoms in total. The molecule has 0 aromatic rings. The van der Waals surface area contributed by atoms with E-state index >= 15 is 0 Å². The van der Waals surface area contributed by atoms with Crippen molar-refractivity contribution in [3.8, 4) is 0 Å². The maximum Gasteiger partial charge on any atom is 0.0743 e. The largest absolute Gasteiger partial charge is 0.405 e. The van der Waals surface area contributed by atoms with E-state index < -0.39 is 6.10 Å². The molecule has 0 aliphatic heterocycles. The first kappa shape index (κ1) is 13.1. The van der Waals surface area contributed by atoms with Crippen LogP contribution >= 0.6 is 0 Å². The van der Waals surface area contributed by atoms with Gasteiger partial charge in [0.05, 0.1) is 6.10 Å². The predicted molar refractivity (Wildman–Crippen MR) is 64.2 cm³/mol. The summed E-state index contributed by atoms with van der Waals surface area (Å²) in [5, 5.41) is 19.2. The van der Waals surface area contributed by atoms with Gasteiger partial charge < -0.3 is 21.7 Å². The van der Waals surface area contributed by atoms with Crippen molar-refractivity contribution in [2.75, 3.05) is 6.61 Å². The molecule has 0 radical (unpaired) electrons. The summed E-state index contributed by atoms with van der Waals surface area (Å²) in [5.74, 6) is 0.